The fourth-order valence-corrected chi connectivity index (χ4v) is 4.24. The van der Waals surface area contributed by atoms with Crippen molar-refractivity contribution in [2.45, 2.75) is 28.7 Å². The largest absolute Gasteiger partial charge is 0.376 e. The fraction of sp³-hybridized carbons (Fsp3) is 0.304. The molecule has 0 aromatic heterocycles. The van der Waals surface area contributed by atoms with Gasteiger partial charge in [0.25, 0.3) is 5.91 Å². The minimum absolute atomic E-state index is 0.117. The van der Waals surface area contributed by atoms with Crippen molar-refractivity contribution in [2.75, 3.05) is 32.5 Å². The Morgan fingerprint density at radius 1 is 1.17 bits per heavy atom. The molecule has 1 amide bonds. The van der Waals surface area contributed by atoms with E-state index >= 15 is 0 Å². The van der Waals surface area contributed by atoms with Crippen molar-refractivity contribution >= 4 is 23.4 Å². The maximum atomic E-state index is 12.8. The van der Waals surface area contributed by atoms with Crippen molar-refractivity contribution in [2.24, 2.45) is 0 Å². The summed E-state index contributed by atoms with van der Waals surface area (Å²) in [5, 5.41) is 12.5. The standard InChI is InChI=1S/C23H26N4OS/c1-26-14-12-19(13-15-26)27(2)17-18(16-24)23(28)25-21-10-6-7-11-22(21)29-20-8-4-3-5-9-20/h3-11,17,19H,12-15H2,1-2H3,(H,25,28)/b18-17-. The van der Waals surface area contributed by atoms with Crippen LogP contribution in [0.2, 0.25) is 0 Å². The number of carbonyl (C=O) groups is 1. The summed E-state index contributed by atoms with van der Waals surface area (Å²) >= 11 is 1.58. The molecule has 0 atom stereocenters. The molecule has 0 bridgehead atoms. The number of para-hydroxylation sites is 1. The number of likely N-dealkylation sites (tertiary alicyclic amines) is 1. The van der Waals surface area contributed by atoms with Crippen LogP contribution in [-0.2, 0) is 4.79 Å². The van der Waals surface area contributed by atoms with Crippen LogP contribution in [0.4, 0.5) is 5.69 Å². The second-order valence-corrected chi connectivity index (χ2v) is 8.34. The molecule has 6 heteroatoms. The monoisotopic (exact) mass is 406 g/mol. The summed E-state index contributed by atoms with van der Waals surface area (Å²) < 4.78 is 0. The van der Waals surface area contributed by atoms with Crippen molar-refractivity contribution in [3.8, 4) is 6.07 Å². The SMILES string of the molecule is CN1CCC(N(C)/C=C(/C#N)C(=O)Nc2ccccc2Sc2ccccc2)CC1. The number of anilines is 1. The number of rotatable bonds is 6. The lowest BCUT2D eigenvalue weighted by atomic mass is 10.0. The number of nitriles is 1. The summed E-state index contributed by atoms with van der Waals surface area (Å²) in [7, 11) is 4.06. The molecule has 0 unspecified atom stereocenters. The minimum Gasteiger partial charge on any atom is -0.376 e. The highest BCUT2D eigenvalue weighted by Crippen LogP contribution is 2.33. The van der Waals surface area contributed by atoms with Gasteiger partial charge >= 0.3 is 0 Å². The molecule has 0 radical (unpaired) electrons. The molecule has 1 heterocycles. The van der Waals surface area contributed by atoms with E-state index in [1.165, 1.54) is 0 Å². The molecule has 150 valence electrons. The van der Waals surface area contributed by atoms with Crippen LogP contribution in [0.1, 0.15) is 12.8 Å². The van der Waals surface area contributed by atoms with Crippen molar-refractivity contribution < 1.29 is 4.79 Å². The van der Waals surface area contributed by atoms with Gasteiger partial charge in [-0.2, -0.15) is 5.26 Å². The van der Waals surface area contributed by atoms with Gasteiger partial charge in [0, 0.05) is 29.1 Å². The lowest BCUT2D eigenvalue weighted by molar-refractivity contribution is -0.112. The summed E-state index contributed by atoms with van der Waals surface area (Å²) in [6.45, 7) is 2.06. The van der Waals surface area contributed by atoms with Crippen LogP contribution >= 0.6 is 11.8 Å². The molecular formula is C23H26N4OS. The molecular weight excluding hydrogens is 380 g/mol. The Labute approximate surface area is 177 Å². The quantitative estimate of drug-likeness (QED) is 0.575. The highest BCUT2D eigenvalue weighted by Gasteiger charge is 2.20. The Morgan fingerprint density at radius 3 is 2.52 bits per heavy atom. The van der Waals surface area contributed by atoms with E-state index in [1.54, 1.807) is 18.0 Å². The molecule has 0 aliphatic carbocycles. The lowest BCUT2D eigenvalue weighted by Gasteiger charge is -2.34. The summed E-state index contributed by atoms with van der Waals surface area (Å²) in [5.74, 6) is -0.381. The summed E-state index contributed by atoms with van der Waals surface area (Å²) in [6, 6.07) is 20.1. The molecule has 1 N–H and O–H groups in total. The number of nitrogens with zero attached hydrogens (tertiary/aromatic N) is 3. The number of hydrogen-bond acceptors (Lipinski definition) is 5. The normalized spacial score (nSPS) is 15.6. The Hall–Kier alpha value is -2.75. The first kappa shape index (κ1) is 21.0. The summed E-state index contributed by atoms with van der Waals surface area (Å²) in [4.78, 5) is 19.1. The Morgan fingerprint density at radius 2 is 1.83 bits per heavy atom. The van der Waals surface area contributed by atoms with E-state index in [4.69, 9.17) is 0 Å². The number of hydrogen-bond donors (Lipinski definition) is 1. The first-order valence-corrected chi connectivity index (χ1v) is 10.5. The van der Waals surface area contributed by atoms with Gasteiger partial charge in [0.2, 0.25) is 0 Å². The second kappa shape index (κ2) is 10.1. The second-order valence-electron chi connectivity index (χ2n) is 7.22. The highest BCUT2D eigenvalue weighted by molar-refractivity contribution is 7.99. The molecule has 0 spiro atoms. The van der Waals surface area contributed by atoms with E-state index in [-0.39, 0.29) is 11.5 Å². The maximum absolute atomic E-state index is 12.8. The predicted octanol–water partition coefficient (Wildman–Crippen LogP) is 4.21. The zero-order chi connectivity index (χ0) is 20.6. The number of amides is 1. The third-order valence-electron chi connectivity index (χ3n) is 5.07. The highest BCUT2D eigenvalue weighted by atomic mass is 32.2. The Balaban J connectivity index is 1.71. The molecule has 1 aliphatic rings. The van der Waals surface area contributed by atoms with Crippen molar-refractivity contribution in [3.05, 3.63) is 66.4 Å². The first-order chi connectivity index (χ1) is 14.1. The smallest absolute Gasteiger partial charge is 0.267 e. The third kappa shape index (κ3) is 5.86. The zero-order valence-electron chi connectivity index (χ0n) is 16.8. The number of piperidine rings is 1. The van der Waals surface area contributed by atoms with Crippen LogP contribution in [0.3, 0.4) is 0 Å². The number of carbonyl (C=O) groups excluding carboxylic acids is 1. The summed E-state index contributed by atoms with van der Waals surface area (Å²) in [6.07, 6.45) is 3.74. The van der Waals surface area contributed by atoms with Crippen LogP contribution in [0.5, 0.6) is 0 Å². The van der Waals surface area contributed by atoms with Gasteiger partial charge in [-0.15, -0.1) is 0 Å². The average Bonchev–Trinajstić information content (AvgIpc) is 2.74. The Kier molecular flexibility index (Phi) is 7.34. The number of benzene rings is 2. The van der Waals surface area contributed by atoms with Gasteiger partial charge in [-0.05, 0) is 57.2 Å². The predicted molar refractivity (Wildman–Crippen MR) is 118 cm³/mol. The molecule has 1 saturated heterocycles. The maximum Gasteiger partial charge on any atom is 0.267 e. The van der Waals surface area contributed by atoms with Crippen LogP contribution in [0.25, 0.3) is 0 Å². The van der Waals surface area contributed by atoms with Gasteiger partial charge in [-0.1, -0.05) is 42.1 Å². The van der Waals surface area contributed by atoms with Crippen LogP contribution in [0.15, 0.2) is 76.2 Å². The van der Waals surface area contributed by atoms with Gasteiger partial charge in [-0.3, -0.25) is 4.79 Å². The van der Waals surface area contributed by atoms with Crippen LogP contribution in [-0.4, -0.2) is 48.9 Å². The zero-order valence-corrected chi connectivity index (χ0v) is 17.7. The van der Waals surface area contributed by atoms with Gasteiger partial charge in [0.05, 0.1) is 5.69 Å². The Bertz CT molecular complexity index is 899. The summed E-state index contributed by atoms with van der Waals surface area (Å²) in [5.41, 5.74) is 0.820. The van der Waals surface area contributed by atoms with Gasteiger partial charge in [-0.25, -0.2) is 0 Å². The average molecular weight is 407 g/mol. The third-order valence-corrected chi connectivity index (χ3v) is 6.15. The van der Waals surface area contributed by atoms with Crippen molar-refractivity contribution in [3.63, 3.8) is 0 Å². The van der Waals surface area contributed by atoms with E-state index < -0.39 is 0 Å². The van der Waals surface area contributed by atoms with E-state index in [2.05, 4.69) is 23.3 Å². The van der Waals surface area contributed by atoms with Crippen molar-refractivity contribution in [1.82, 2.24) is 9.80 Å². The fourth-order valence-electron chi connectivity index (χ4n) is 3.31. The first-order valence-electron chi connectivity index (χ1n) is 9.72. The van der Waals surface area contributed by atoms with Crippen molar-refractivity contribution in [1.29, 1.82) is 5.26 Å². The molecule has 29 heavy (non-hydrogen) atoms. The molecule has 2 aromatic rings. The topological polar surface area (TPSA) is 59.4 Å². The van der Waals surface area contributed by atoms with E-state index in [0.717, 1.165) is 35.7 Å². The molecule has 1 aliphatic heterocycles. The van der Waals surface area contributed by atoms with Crippen LogP contribution < -0.4 is 5.32 Å². The molecule has 3 rings (SSSR count). The van der Waals surface area contributed by atoms with Crippen LogP contribution in [0, 0.1) is 11.3 Å². The molecule has 1 fully saturated rings. The van der Waals surface area contributed by atoms with Gasteiger partial charge in [0.15, 0.2) is 0 Å². The molecule has 2 aromatic carbocycles. The van der Waals surface area contributed by atoms with Gasteiger partial charge < -0.3 is 15.1 Å². The minimum atomic E-state index is -0.381. The van der Waals surface area contributed by atoms with E-state index in [1.807, 2.05) is 66.5 Å². The number of nitrogens with one attached hydrogen (secondary N) is 1. The molecule has 0 saturated carbocycles. The van der Waals surface area contributed by atoms with E-state index in [0.29, 0.717) is 11.7 Å². The van der Waals surface area contributed by atoms with Gasteiger partial charge in [0.1, 0.15) is 11.6 Å². The lowest BCUT2D eigenvalue weighted by Crippen LogP contribution is -2.40. The molecule has 5 nitrogen and oxygen atoms in total. The van der Waals surface area contributed by atoms with E-state index in [9.17, 15) is 10.1 Å².